The monoisotopic (exact) mass is 238 g/mol. The molecule has 0 radical (unpaired) electrons. The van der Waals surface area contributed by atoms with E-state index in [4.69, 9.17) is 10.8 Å². The summed E-state index contributed by atoms with van der Waals surface area (Å²) in [7, 11) is 0. The minimum absolute atomic E-state index is 0. The number of halogens is 2. The Bertz CT molecular complexity index is 320. The van der Waals surface area contributed by atoms with Crippen molar-refractivity contribution in [1.82, 2.24) is 15.0 Å². The number of aromatic nitrogens is 3. The van der Waals surface area contributed by atoms with Crippen LogP contribution in [-0.2, 0) is 17.8 Å². The van der Waals surface area contributed by atoms with E-state index in [0.717, 1.165) is 0 Å². The molecule has 0 unspecified atom stereocenters. The molecule has 0 aromatic carbocycles. The van der Waals surface area contributed by atoms with E-state index in [1.807, 2.05) is 0 Å². The summed E-state index contributed by atoms with van der Waals surface area (Å²) in [6, 6.07) is -0.995. The predicted octanol–water partition coefficient (Wildman–Crippen LogP) is -0.376. The third-order valence-electron chi connectivity index (χ3n) is 1.65. The average Bonchev–Trinajstić information content (AvgIpc) is 2.53. The summed E-state index contributed by atoms with van der Waals surface area (Å²) in [6.45, 7) is -0.414. The first-order valence-electron chi connectivity index (χ1n) is 4.07. The Balaban J connectivity index is 0.00000196. The molecule has 15 heavy (non-hydrogen) atoms. The molecule has 1 atom stereocenters. The smallest absolute Gasteiger partial charge is 0.320 e. The quantitative estimate of drug-likeness (QED) is 0.730. The number of rotatable bonds is 5. The second kappa shape index (κ2) is 6.31. The summed E-state index contributed by atoms with van der Waals surface area (Å²) in [5.41, 5.74) is 5.73. The zero-order valence-corrected chi connectivity index (χ0v) is 8.65. The number of hydrogen-bond donors (Lipinski definition) is 2. The van der Waals surface area contributed by atoms with E-state index >= 15 is 0 Å². The summed E-state index contributed by atoms with van der Waals surface area (Å²) in [4.78, 5) is 10.4. The molecule has 0 saturated heterocycles. The van der Waals surface area contributed by atoms with Crippen molar-refractivity contribution in [2.45, 2.75) is 19.0 Å². The highest BCUT2D eigenvalue weighted by molar-refractivity contribution is 5.85. The highest BCUT2D eigenvalue weighted by atomic mass is 35.5. The second-order valence-electron chi connectivity index (χ2n) is 2.81. The molecule has 0 spiro atoms. The van der Waals surface area contributed by atoms with Crippen LogP contribution >= 0.6 is 12.4 Å². The number of aryl methyl sites for hydroxylation is 1. The van der Waals surface area contributed by atoms with Crippen LogP contribution in [0, 0.1) is 0 Å². The molecule has 0 bridgehead atoms. The Morgan fingerprint density at radius 2 is 2.40 bits per heavy atom. The van der Waals surface area contributed by atoms with E-state index in [-0.39, 0.29) is 25.4 Å². The molecule has 0 aliphatic rings. The summed E-state index contributed by atoms with van der Waals surface area (Å²) in [5, 5.41) is 15.8. The van der Waals surface area contributed by atoms with Crippen molar-refractivity contribution < 1.29 is 14.3 Å². The first-order chi connectivity index (χ1) is 6.63. The van der Waals surface area contributed by atoms with Crippen LogP contribution in [0.3, 0.4) is 0 Å². The predicted molar refractivity (Wildman–Crippen MR) is 52.6 cm³/mol. The van der Waals surface area contributed by atoms with Gasteiger partial charge in [0.1, 0.15) is 12.7 Å². The fraction of sp³-hybridized carbons (Fsp3) is 0.571. The number of carboxylic acids is 1. The highest BCUT2D eigenvalue weighted by Gasteiger charge is 2.14. The number of hydrogen-bond acceptors (Lipinski definition) is 4. The summed E-state index contributed by atoms with van der Waals surface area (Å²) in [5.74, 6) is -1.09. The lowest BCUT2D eigenvalue weighted by molar-refractivity contribution is -0.138. The van der Waals surface area contributed by atoms with Crippen molar-refractivity contribution in [2.24, 2.45) is 5.73 Å². The van der Waals surface area contributed by atoms with Gasteiger partial charge in [-0.2, -0.15) is 0 Å². The largest absolute Gasteiger partial charge is 0.480 e. The van der Waals surface area contributed by atoms with E-state index in [2.05, 4.69) is 10.3 Å². The maximum Gasteiger partial charge on any atom is 0.320 e. The number of aliphatic carboxylic acids is 1. The van der Waals surface area contributed by atoms with Gasteiger partial charge < -0.3 is 10.8 Å². The van der Waals surface area contributed by atoms with E-state index in [0.29, 0.717) is 5.69 Å². The highest BCUT2D eigenvalue weighted by Crippen LogP contribution is 1.97. The van der Waals surface area contributed by atoms with E-state index in [1.54, 1.807) is 0 Å². The van der Waals surface area contributed by atoms with Crippen LogP contribution in [0.2, 0.25) is 0 Å². The molecule has 1 rings (SSSR count). The van der Waals surface area contributed by atoms with Gasteiger partial charge in [0.25, 0.3) is 0 Å². The first kappa shape index (κ1) is 13.8. The molecule has 6 nitrogen and oxygen atoms in total. The van der Waals surface area contributed by atoms with E-state index < -0.39 is 18.7 Å². The SMILES string of the molecule is Cl.N[C@H](Cc1cn(CCF)nn1)C(=O)O. The Morgan fingerprint density at radius 3 is 2.93 bits per heavy atom. The van der Waals surface area contributed by atoms with Crippen molar-refractivity contribution >= 4 is 18.4 Å². The fourth-order valence-corrected chi connectivity index (χ4v) is 0.941. The molecule has 1 aromatic rings. The van der Waals surface area contributed by atoms with Crippen LogP contribution in [-0.4, -0.2) is 38.8 Å². The van der Waals surface area contributed by atoms with Gasteiger partial charge in [-0.05, 0) is 0 Å². The third kappa shape index (κ3) is 4.22. The van der Waals surface area contributed by atoms with Crippen molar-refractivity contribution in [3.05, 3.63) is 11.9 Å². The van der Waals surface area contributed by atoms with Crippen LogP contribution in [0.4, 0.5) is 4.39 Å². The molecular formula is C7H12ClFN4O2. The molecule has 0 aliphatic carbocycles. The molecule has 1 heterocycles. The minimum Gasteiger partial charge on any atom is -0.480 e. The summed E-state index contributed by atoms with van der Waals surface area (Å²) in [6.07, 6.45) is 1.59. The molecule has 0 aliphatic heterocycles. The Kier molecular flexibility index (Phi) is 5.80. The summed E-state index contributed by atoms with van der Waals surface area (Å²) < 4.78 is 13.2. The van der Waals surface area contributed by atoms with Gasteiger partial charge in [0.2, 0.25) is 0 Å². The van der Waals surface area contributed by atoms with Crippen LogP contribution in [0.5, 0.6) is 0 Å². The second-order valence-corrected chi connectivity index (χ2v) is 2.81. The van der Waals surface area contributed by atoms with Gasteiger partial charge >= 0.3 is 5.97 Å². The zero-order valence-electron chi connectivity index (χ0n) is 7.84. The van der Waals surface area contributed by atoms with E-state index in [9.17, 15) is 9.18 Å². The van der Waals surface area contributed by atoms with Crippen LogP contribution in [0.25, 0.3) is 0 Å². The molecular weight excluding hydrogens is 227 g/mol. The fourth-order valence-electron chi connectivity index (χ4n) is 0.941. The first-order valence-corrected chi connectivity index (χ1v) is 4.07. The molecule has 0 saturated carbocycles. The number of carboxylic acid groups (broad SMARTS) is 1. The van der Waals surface area contributed by atoms with Gasteiger partial charge in [0, 0.05) is 12.6 Å². The lowest BCUT2D eigenvalue weighted by Gasteiger charge is -2.01. The topological polar surface area (TPSA) is 94.0 Å². The molecule has 86 valence electrons. The van der Waals surface area contributed by atoms with Gasteiger partial charge in [-0.25, -0.2) is 9.07 Å². The third-order valence-corrected chi connectivity index (χ3v) is 1.65. The zero-order chi connectivity index (χ0) is 10.6. The van der Waals surface area contributed by atoms with Gasteiger partial charge in [-0.15, -0.1) is 17.5 Å². The number of nitrogens with two attached hydrogens (primary N) is 1. The van der Waals surface area contributed by atoms with Crippen molar-refractivity contribution in [3.8, 4) is 0 Å². The lowest BCUT2D eigenvalue weighted by Crippen LogP contribution is -2.32. The van der Waals surface area contributed by atoms with Crippen molar-refractivity contribution in [2.75, 3.05) is 6.67 Å². The standard InChI is InChI=1S/C7H11FN4O2.ClH/c8-1-2-12-4-5(10-11-12)3-6(9)7(13)14;/h4,6H,1-3,9H2,(H,13,14);1H/t6-;/m1./s1. The minimum atomic E-state index is -1.09. The van der Waals surface area contributed by atoms with E-state index in [1.165, 1.54) is 10.9 Å². The maximum atomic E-state index is 11.9. The van der Waals surface area contributed by atoms with Gasteiger partial charge in [0.05, 0.1) is 12.2 Å². The maximum absolute atomic E-state index is 11.9. The van der Waals surface area contributed by atoms with Crippen LogP contribution < -0.4 is 5.73 Å². The summed E-state index contributed by atoms with van der Waals surface area (Å²) >= 11 is 0. The van der Waals surface area contributed by atoms with Crippen LogP contribution in [0.1, 0.15) is 5.69 Å². The van der Waals surface area contributed by atoms with Gasteiger partial charge in [0.15, 0.2) is 0 Å². The van der Waals surface area contributed by atoms with Crippen molar-refractivity contribution in [1.29, 1.82) is 0 Å². The molecule has 0 amide bonds. The van der Waals surface area contributed by atoms with Gasteiger partial charge in [-0.3, -0.25) is 4.79 Å². The Labute approximate surface area is 91.7 Å². The molecule has 3 N–H and O–H groups in total. The number of nitrogens with zero attached hydrogens (tertiary/aromatic N) is 3. The average molecular weight is 239 g/mol. The van der Waals surface area contributed by atoms with Crippen molar-refractivity contribution in [3.63, 3.8) is 0 Å². The number of alkyl halides is 1. The number of carbonyl (C=O) groups is 1. The molecule has 0 fully saturated rings. The lowest BCUT2D eigenvalue weighted by atomic mass is 10.2. The van der Waals surface area contributed by atoms with Crippen LogP contribution in [0.15, 0.2) is 6.20 Å². The molecule has 8 heteroatoms. The normalized spacial score (nSPS) is 11.9. The van der Waals surface area contributed by atoms with Gasteiger partial charge in [-0.1, -0.05) is 5.21 Å². The molecule has 1 aromatic heterocycles. The Hall–Kier alpha value is -1.21. The Morgan fingerprint density at radius 1 is 1.73 bits per heavy atom.